The Hall–Kier alpha value is -0.960. The molecule has 1 aliphatic carbocycles. The molecule has 1 aliphatic rings. The van der Waals surface area contributed by atoms with Gasteiger partial charge in [0.25, 0.3) is 0 Å². The fraction of sp³-hybridized carbons (Fsp3) is 0.500. The summed E-state index contributed by atoms with van der Waals surface area (Å²) in [5.41, 5.74) is 1.13. The summed E-state index contributed by atoms with van der Waals surface area (Å²) in [4.78, 5) is 0. The van der Waals surface area contributed by atoms with Gasteiger partial charge in [-0.2, -0.15) is 10.2 Å². The van der Waals surface area contributed by atoms with Crippen LogP contribution in [0.4, 0.5) is 0 Å². The van der Waals surface area contributed by atoms with Crippen molar-refractivity contribution < 1.29 is 4.74 Å². The Kier molecular flexibility index (Phi) is 1.39. The molecule has 1 saturated carbocycles. The van der Waals surface area contributed by atoms with Crippen molar-refractivity contribution >= 4 is 0 Å². The molecule has 0 amide bonds. The van der Waals surface area contributed by atoms with Crippen LogP contribution in [-0.2, 0) is 10.3 Å². The minimum Gasteiger partial charge on any atom is -0.373 e. The maximum atomic E-state index is 5.37. The molecule has 3 nitrogen and oxygen atoms in total. The molecule has 0 spiro atoms. The van der Waals surface area contributed by atoms with E-state index in [0.717, 1.165) is 18.4 Å². The van der Waals surface area contributed by atoms with E-state index in [2.05, 4.69) is 10.2 Å². The van der Waals surface area contributed by atoms with Gasteiger partial charge in [-0.3, -0.25) is 0 Å². The fourth-order valence-electron chi connectivity index (χ4n) is 1.28. The van der Waals surface area contributed by atoms with Crippen LogP contribution < -0.4 is 0 Å². The molecule has 1 aromatic rings. The summed E-state index contributed by atoms with van der Waals surface area (Å²) < 4.78 is 5.37. The van der Waals surface area contributed by atoms with Crippen molar-refractivity contribution in [1.29, 1.82) is 0 Å². The van der Waals surface area contributed by atoms with E-state index in [4.69, 9.17) is 4.74 Å². The van der Waals surface area contributed by atoms with Crippen molar-refractivity contribution in [2.75, 3.05) is 7.11 Å². The van der Waals surface area contributed by atoms with Gasteiger partial charge in [0.1, 0.15) is 0 Å². The predicted molar refractivity (Wildman–Crippen MR) is 40.0 cm³/mol. The summed E-state index contributed by atoms with van der Waals surface area (Å²) in [6.07, 6.45) is 5.69. The Bertz CT molecular complexity index is 244. The first-order valence-corrected chi connectivity index (χ1v) is 3.70. The second-order valence-corrected chi connectivity index (χ2v) is 2.83. The Balaban J connectivity index is 2.30. The van der Waals surface area contributed by atoms with Crippen LogP contribution in [0.2, 0.25) is 0 Å². The smallest absolute Gasteiger partial charge is 0.0945 e. The first-order chi connectivity index (χ1) is 5.37. The Labute approximate surface area is 65.4 Å². The first kappa shape index (κ1) is 6.73. The van der Waals surface area contributed by atoms with Crippen LogP contribution in [0.15, 0.2) is 18.5 Å². The third kappa shape index (κ3) is 1.01. The van der Waals surface area contributed by atoms with Gasteiger partial charge in [0.05, 0.1) is 11.8 Å². The Morgan fingerprint density at radius 2 is 2.27 bits per heavy atom. The largest absolute Gasteiger partial charge is 0.373 e. The molecule has 0 aliphatic heterocycles. The summed E-state index contributed by atoms with van der Waals surface area (Å²) in [7, 11) is 1.74. The molecule has 2 rings (SSSR count). The van der Waals surface area contributed by atoms with Crippen molar-refractivity contribution in [2.45, 2.75) is 18.4 Å². The molecule has 1 heterocycles. The van der Waals surface area contributed by atoms with E-state index < -0.39 is 0 Å². The lowest BCUT2D eigenvalue weighted by atomic mass is 10.1. The standard InChI is InChI=1S/C8H10N2O/c1-11-8(3-4-8)7-2-5-9-10-6-7/h2,5-6H,3-4H2,1H3. The average molecular weight is 150 g/mol. The van der Waals surface area contributed by atoms with Crippen LogP contribution in [0, 0.1) is 0 Å². The summed E-state index contributed by atoms with van der Waals surface area (Å²) in [6, 6.07) is 1.96. The van der Waals surface area contributed by atoms with Crippen molar-refractivity contribution in [3.05, 3.63) is 24.0 Å². The SMILES string of the molecule is COC1(c2ccnnc2)CC1. The molecule has 3 heteroatoms. The molecule has 0 radical (unpaired) electrons. The molecule has 0 bridgehead atoms. The van der Waals surface area contributed by atoms with Gasteiger partial charge < -0.3 is 4.74 Å². The van der Waals surface area contributed by atoms with Gasteiger partial charge in [-0.05, 0) is 18.9 Å². The van der Waals surface area contributed by atoms with E-state index in [0.29, 0.717) is 0 Å². The molecular weight excluding hydrogens is 140 g/mol. The topological polar surface area (TPSA) is 35.0 Å². The molecule has 0 unspecified atom stereocenters. The van der Waals surface area contributed by atoms with Crippen molar-refractivity contribution in [3.63, 3.8) is 0 Å². The van der Waals surface area contributed by atoms with Gasteiger partial charge in [-0.1, -0.05) is 0 Å². The van der Waals surface area contributed by atoms with E-state index in [1.807, 2.05) is 6.07 Å². The van der Waals surface area contributed by atoms with Crippen molar-refractivity contribution in [2.24, 2.45) is 0 Å². The van der Waals surface area contributed by atoms with Crippen LogP contribution in [0.1, 0.15) is 18.4 Å². The van der Waals surface area contributed by atoms with Crippen LogP contribution in [0.3, 0.4) is 0 Å². The molecule has 0 N–H and O–H groups in total. The van der Waals surface area contributed by atoms with E-state index in [1.54, 1.807) is 19.5 Å². The number of nitrogens with zero attached hydrogens (tertiary/aromatic N) is 2. The number of hydrogen-bond acceptors (Lipinski definition) is 3. The average Bonchev–Trinajstić information content (AvgIpc) is 2.86. The summed E-state index contributed by atoms with van der Waals surface area (Å²) in [6.45, 7) is 0. The van der Waals surface area contributed by atoms with Crippen LogP contribution in [0.5, 0.6) is 0 Å². The van der Waals surface area contributed by atoms with Crippen molar-refractivity contribution in [3.8, 4) is 0 Å². The van der Waals surface area contributed by atoms with Gasteiger partial charge in [0.2, 0.25) is 0 Å². The van der Waals surface area contributed by atoms with E-state index in [1.165, 1.54) is 0 Å². The van der Waals surface area contributed by atoms with Crippen LogP contribution in [-0.4, -0.2) is 17.3 Å². The van der Waals surface area contributed by atoms with Crippen LogP contribution in [0.25, 0.3) is 0 Å². The van der Waals surface area contributed by atoms with Gasteiger partial charge in [-0.15, -0.1) is 0 Å². The lowest BCUT2D eigenvalue weighted by Crippen LogP contribution is -2.08. The highest BCUT2D eigenvalue weighted by molar-refractivity contribution is 5.22. The highest BCUT2D eigenvalue weighted by atomic mass is 16.5. The second kappa shape index (κ2) is 2.27. The maximum absolute atomic E-state index is 5.37. The van der Waals surface area contributed by atoms with Gasteiger partial charge >= 0.3 is 0 Å². The molecular formula is C8H10N2O. The zero-order valence-electron chi connectivity index (χ0n) is 6.45. The van der Waals surface area contributed by atoms with Gasteiger partial charge in [0.15, 0.2) is 0 Å². The number of hydrogen-bond donors (Lipinski definition) is 0. The minimum absolute atomic E-state index is 0.0179. The lowest BCUT2D eigenvalue weighted by Gasteiger charge is -2.11. The molecule has 58 valence electrons. The van der Waals surface area contributed by atoms with Gasteiger partial charge in [0, 0.05) is 18.9 Å². The fourth-order valence-corrected chi connectivity index (χ4v) is 1.28. The molecule has 0 aromatic carbocycles. The number of methoxy groups -OCH3 is 1. The number of rotatable bonds is 2. The van der Waals surface area contributed by atoms with Gasteiger partial charge in [-0.25, -0.2) is 0 Å². The molecule has 11 heavy (non-hydrogen) atoms. The molecule has 1 aromatic heterocycles. The third-order valence-electron chi connectivity index (χ3n) is 2.21. The molecule has 0 atom stereocenters. The maximum Gasteiger partial charge on any atom is 0.0945 e. The zero-order chi connectivity index (χ0) is 7.73. The Morgan fingerprint density at radius 1 is 1.45 bits per heavy atom. The molecule has 0 saturated heterocycles. The van der Waals surface area contributed by atoms with E-state index >= 15 is 0 Å². The normalized spacial score (nSPS) is 19.7. The monoisotopic (exact) mass is 150 g/mol. The van der Waals surface area contributed by atoms with Crippen LogP contribution >= 0.6 is 0 Å². The highest BCUT2D eigenvalue weighted by Crippen LogP contribution is 2.48. The number of ether oxygens (including phenoxy) is 1. The lowest BCUT2D eigenvalue weighted by molar-refractivity contribution is 0.0785. The summed E-state index contributed by atoms with van der Waals surface area (Å²) in [5.74, 6) is 0. The third-order valence-corrected chi connectivity index (χ3v) is 2.21. The summed E-state index contributed by atoms with van der Waals surface area (Å²) >= 11 is 0. The quantitative estimate of drug-likeness (QED) is 0.633. The van der Waals surface area contributed by atoms with E-state index in [9.17, 15) is 0 Å². The number of aromatic nitrogens is 2. The molecule has 1 fully saturated rings. The zero-order valence-corrected chi connectivity index (χ0v) is 6.45. The van der Waals surface area contributed by atoms with E-state index in [-0.39, 0.29) is 5.60 Å². The summed E-state index contributed by atoms with van der Waals surface area (Å²) in [5, 5.41) is 7.52. The predicted octanol–water partition coefficient (Wildman–Crippen LogP) is 1.11. The first-order valence-electron chi connectivity index (χ1n) is 3.70. The van der Waals surface area contributed by atoms with Crippen molar-refractivity contribution in [1.82, 2.24) is 10.2 Å². The Morgan fingerprint density at radius 3 is 2.73 bits per heavy atom. The minimum atomic E-state index is -0.0179. The second-order valence-electron chi connectivity index (χ2n) is 2.83. The highest BCUT2D eigenvalue weighted by Gasteiger charge is 2.44.